The van der Waals surface area contributed by atoms with E-state index < -0.39 is 0 Å². The lowest BCUT2D eigenvalue weighted by atomic mass is 9.77. The van der Waals surface area contributed by atoms with Crippen LogP contribution in [0.2, 0.25) is 0 Å². The van der Waals surface area contributed by atoms with Crippen LogP contribution >= 0.6 is 0 Å². The summed E-state index contributed by atoms with van der Waals surface area (Å²) in [6, 6.07) is 0. The van der Waals surface area contributed by atoms with Gasteiger partial charge in [0.2, 0.25) is 0 Å². The van der Waals surface area contributed by atoms with Crippen LogP contribution in [0.5, 0.6) is 0 Å². The van der Waals surface area contributed by atoms with Crippen LogP contribution in [0.15, 0.2) is 0 Å². The number of rotatable bonds is 1. The highest BCUT2D eigenvalue weighted by Crippen LogP contribution is 2.50. The van der Waals surface area contributed by atoms with Gasteiger partial charge in [-0.05, 0) is 33.6 Å². The van der Waals surface area contributed by atoms with Gasteiger partial charge in [0.05, 0.1) is 24.4 Å². The minimum Gasteiger partial charge on any atom is -0.372 e. The van der Waals surface area contributed by atoms with Gasteiger partial charge in [-0.15, -0.1) is 0 Å². The van der Waals surface area contributed by atoms with Crippen molar-refractivity contribution in [3.8, 4) is 0 Å². The average molecular weight is 240 g/mol. The van der Waals surface area contributed by atoms with Crippen LogP contribution in [0, 0.1) is 5.92 Å². The Morgan fingerprint density at radius 1 is 1.24 bits per heavy atom. The van der Waals surface area contributed by atoms with E-state index in [1.54, 1.807) is 0 Å². The van der Waals surface area contributed by atoms with Crippen molar-refractivity contribution in [2.75, 3.05) is 6.61 Å². The van der Waals surface area contributed by atoms with E-state index in [1.165, 1.54) is 19.3 Å². The van der Waals surface area contributed by atoms with Crippen LogP contribution in [0.1, 0.15) is 52.9 Å². The van der Waals surface area contributed by atoms with E-state index in [0.717, 1.165) is 19.4 Å². The summed E-state index contributed by atoms with van der Waals surface area (Å²) in [5.41, 5.74) is -0.0694. The Labute approximate surface area is 104 Å². The molecular formula is C14H24O3. The van der Waals surface area contributed by atoms with Crippen LogP contribution in [0.3, 0.4) is 0 Å². The zero-order chi connectivity index (χ0) is 12.1. The summed E-state index contributed by atoms with van der Waals surface area (Å²) in [5.74, 6) is 0.145. The molecule has 1 spiro atoms. The molecule has 17 heavy (non-hydrogen) atoms. The minimum atomic E-state index is -0.295. The first-order valence-electron chi connectivity index (χ1n) is 6.98. The third-order valence-corrected chi connectivity index (χ3v) is 4.18. The zero-order valence-electron chi connectivity index (χ0n) is 11.2. The first kappa shape index (κ1) is 11.9. The van der Waals surface area contributed by atoms with Crippen molar-refractivity contribution in [2.45, 2.75) is 76.5 Å². The molecule has 3 fully saturated rings. The zero-order valence-corrected chi connectivity index (χ0v) is 11.2. The van der Waals surface area contributed by atoms with Gasteiger partial charge in [-0.3, -0.25) is 0 Å². The molecule has 1 aliphatic carbocycles. The lowest BCUT2D eigenvalue weighted by molar-refractivity contribution is -0.279. The molecule has 0 aromatic heterocycles. The molecule has 0 N–H and O–H groups in total. The van der Waals surface area contributed by atoms with E-state index in [2.05, 4.69) is 20.8 Å². The normalized spacial score (nSPS) is 45.7. The minimum absolute atomic E-state index is 0.0694. The van der Waals surface area contributed by atoms with Crippen molar-refractivity contribution in [1.29, 1.82) is 0 Å². The molecule has 4 atom stereocenters. The van der Waals surface area contributed by atoms with Crippen molar-refractivity contribution in [3.63, 3.8) is 0 Å². The molecule has 0 amide bonds. The van der Waals surface area contributed by atoms with Crippen LogP contribution in [-0.2, 0) is 14.2 Å². The van der Waals surface area contributed by atoms with Crippen molar-refractivity contribution in [3.05, 3.63) is 0 Å². The molecule has 2 heterocycles. The molecule has 0 radical (unpaired) electrons. The molecular weight excluding hydrogens is 216 g/mol. The fraction of sp³-hybridized carbons (Fsp3) is 1.00. The Morgan fingerprint density at radius 2 is 2.06 bits per heavy atom. The van der Waals surface area contributed by atoms with Gasteiger partial charge in [0.1, 0.15) is 0 Å². The quantitative estimate of drug-likeness (QED) is 0.705. The molecule has 1 saturated carbocycles. The molecule has 3 aliphatic rings. The summed E-state index contributed by atoms with van der Waals surface area (Å²) >= 11 is 0. The fourth-order valence-electron chi connectivity index (χ4n) is 3.64. The van der Waals surface area contributed by atoms with Crippen molar-refractivity contribution < 1.29 is 14.2 Å². The first-order valence-corrected chi connectivity index (χ1v) is 6.98. The molecule has 3 nitrogen and oxygen atoms in total. The Morgan fingerprint density at radius 3 is 2.82 bits per heavy atom. The van der Waals surface area contributed by atoms with Gasteiger partial charge in [-0.25, -0.2) is 0 Å². The van der Waals surface area contributed by atoms with Crippen LogP contribution in [-0.4, -0.2) is 30.2 Å². The van der Waals surface area contributed by atoms with Gasteiger partial charge in [-0.2, -0.15) is 0 Å². The molecule has 2 aliphatic heterocycles. The number of ether oxygens (including phenoxy) is 3. The maximum Gasteiger partial charge on any atom is 0.174 e. The standard InChI is InChI=1S/C14H24O3/c1-13(2,3)17-12-8-10-9-15-14(16-10)7-5-4-6-11(12)14/h10-12H,4-9H2,1-3H3/t10-,11+,12+,14+/m0/s1. The highest BCUT2D eigenvalue weighted by Gasteiger charge is 2.57. The summed E-state index contributed by atoms with van der Waals surface area (Å²) in [5, 5.41) is 0. The maximum absolute atomic E-state index is 6.26. The largest absolute Gasteiger partial charge is 0.372 e. The third kappa shape index (κ3) is 2.13. The Kier molecular flexibility index (Phi) is 2.77. The highest BCUT2D eigenvalue weighted by atomic mass is 16.7. The van der Waals surface area contributed by atoms with Gasteiger partial charge in [0.15, 0.2) is 5.79 Å². The maximum atomic E-state index is 6.26. The topological polar surface area (TPSA) is 27.7 Å². The van der Waals surface area contributed by atoms with Crippen LogP contribution < -0.4 is 0 Å². The van der Waals surface area contributed by atoms with E-state index in [-0.39, 0.29) is 17.5 Å². The molecule has 3 rings (SSSR count). The summed E-state index contributed by atoms with van der Waals surface area (Å²) < 4.78 is 18.4. The molecule has 0 unspecified atom stereocenters. The summed E-state index contributed by atoms with van der Waals surface area (Å²) in [4.78, 5) is 0. The van der Waals surface area contributed by atoms with Crippen LogP contribution in [0.4, 0.5) is 0 Å². The molecule has 0 aromatic carbocycles. The van der Waals surface area contributed by atoms with Gasteiger partial charge in [-0.1, -0.05) is 6.42 Å². The highest BCUT2D eigenvalue weighted by molar-refractivity contribution is 4.99. The van der Waals surface area contributed by atoms with Gasteiger partial charge in [0.25, 0.3) is 0 Å². The van der Waals surface area contributed by atoms with E-state index in [4.69, 9.17) is 14.2 Å². The van der Waals surface area contributed by atoms with E-state index in [1.807, 2.05) is 0 Å². The lowest BCUT2D eigenvalue weighted by Crippen LogP contribution is -2.53. The number of hydrogen-bond acceptors (Lipinski definition) is 3. The molecule has 98 valence electrons. The SMILES string of the molecule is CC(C)(C)O[C@@H]1C[C@H]2CO[C@]3(CCCC[C@H]13)O2. The molecule has 2 saturated heterocycles. The van der Waals surface area contributed by atoms with E-state index >= 15 is 0 Å². The van der Waals surface area contributed by atoms with E-state index in [9.17, 15) is 0 Å². The Bertz CT molecular complexity index is 292. The molecule has 2 bridgehead atoms. The average Bonchev–Trinajstić information content (AvgIpc) is 2.54. The third-order valence-electron chi connectivity index (χ3n) is 4.18. The van der Waals surface area contributed by atoms with Crippen molar-refractivity contribution in [1.82, 2.24) is 0 Å². The second-order valence-corrected chi connectivity index (χ2v) is 6.72. The number of fused-ring (bicyclic) bond motifs is 1. The molecule has 3 heteroatoms. The second-order valence-electron chi connectivity index (χ2n) is 6.72. The van der Waals surface area contributed by atoms with Gasteiger partial charge >= 0.3 is 0 Å². The predicted molar refractivity (Wildman–Crippen MR) is 64.8 cm³/mol. The van der Waals surface area contributed by atoms with E-state index in [0.29, 0.717) is 12.0 Å². The summed E-state index contributed by atoms with van der Waals surface area (Å²) in [6.45, 7) is 7.18. The Hall–Kier alpha value is -0.120. The summed E-state index contributed by atoms with van der Waals surface area (Å²) in [7, 11) is 0. The lowest BCUT2D eigenvalue weighted by Gasteiger charge is -2.47. The molecule has 0 aromatic rings. The summed E-state index contributed by atoms with van der Waals surface area (Å²) in [6.07, 6.45) is 6.34. The van der Waals surface area contributed by atoms with Gasteiger partial charge < -0.3 is 14.2 Å². The van der Waals surface area contributed by atoms with Crippen LogP contribution in [0.25, 0.3) is 0 Å². The fourth-order valence-corrected chi connectivity index (χ4v) is 3.64. The second kappa shape index (κ2) is 3.94. The van der Waals surface area contributed by atoms with Gasteiger partial charge in [0, 0.05) is 18.8 Å². The Balaban J connectivity index is 1.81. The smallest absolute Gasteiger partial charge is 0.174 e. The monoisotopic (exact) mass is 240 g/mol. The first-order chi connectivity index (χ1) is 7.99. The number of hydrogen-bond donors (Lipinski definition) is 0. The van der Waals surface area contributed by atoms with Crippen molar-refractivity contribution >= 4 is 0 Å². The van der Waals surface area contributed by atoms with Crippen molar-refractivity contribution in [2.24, 2.45) is 5.92 Å². The predicted octanol–water partition coefficient (Wildman–Crippen LogP) is 2.88.